The summed E-state index contributed by atoms with van der Waals surface area (Å²) in [5, 5.41) is 3.84. The highest BCUT2D eigenvalue weighted by atomic mass is 79.9. The third kappa shape index (κ3) is 3.60. The normalized spacial score (nSPS) is 23.3. The molecule has 1 aromatic rings. The highest BCUT2D eigenvalue weighted by Gasteiger charge is 2.24. The molecule has 1 saturated heterocycles. The topological polar surface area (TPSA) is 46.2 Å². The molecule has 0 aromatic heterocycles. The van der Waals surface area contributed by atoms with Gasteiger partial charge in [0.15, 0.2) is 9.84 Å². The molecule has 1 N–H and O–H groups in total. The number of hydrogen-bond donors (Lipinski definition) is 1. The molecule has 0 radical (unpaired) electrons. The first-order chi connectivity index (χ1) is 7.96. The van der Waals surface area contributed by atoms with Crippen molar-refractivity contribution in [3.8, 4) is 0 Å². The molecule has 1 aliphatic heterocycles. The molecule has 1 heterocycles. The van der Waals surface area contributed by atoms with Gasteiger partial charge < -0.3 is 5.32 Å². The van der Waals surface area contributed by atoms with Crippen molar-refractivity contribution < 1.29 is 8.42 Å². The smallest absolute Gasteiger partial charge is 0.152 e. The molecule has 0 bridgehead atoms. The Balaban J connectivity index is 2.08. The SMILES string of the molecule is O=S1(=O)CCCC(Nc2ccc(Br)c(Cl)c2)C1. The van der Waals surface area contributed by atoms with Crippen molar-refractivity contribution in [1.82, 2.24) is 0 Å². The van der Waals surface area contributed by atoms with Crippen LogP contribution in [-0.4, -0.2) is 26.0 Å². The van der Waals surface area contributed by atoms with Gasteiger partial charge in [0.05, 0.1) is 16.5 Å². The van der Waals surface area contributed by atoms with Crippen molar-refractivity contribution in [1.29, 1.82) is 0 Å². The van der Waals surface area contributed by atoms with Crippen LogP contribution in [0.1, 0.15) is 12.8 Å². The summed E-state index contributed by atoms with van der Waals surface area (Å²) in [6.07, 6.45) is 1.61. The second kappa shape index (κ2) is 5.16. The van der Waals surface area contributed by atoms with Crippen LogP contribution in [-0.2, 0) is 9.84 Å². The summed E-state index contributed by atoms with van der Waals surface area (Å²) in [5.74, 6) is 0.521. The van der Waals surface area contributed by atoms with Crippen molar-refractivity contribution in [2.75, 3.05) is 16.8 Å². The molecule has 1 atom stereocenters. The second-order valence-electron chi connectivity index (χ2n) is 4.23. The van der Waals surface area contributed by atoms with Crippen LogP contribution >= 0.6 is 27.5 Å². The summed E-state index contributed by atoms with van der Waals surface area (Å²) in [6, 6.07) is 5.53. The molecule has 6 heteroatoms. The summed E-state index contributed by atoms with van der Waals surface area (Å²) in [6.45, 7) is 0. The lowest BCUT2D eigenvalue weighted by Crippen LogP contribution is -2.34. The monoisotopic (exact) mass is 337 g/mol. The first-order valence-electron chi connectivity index (χ1n) is 5.38. The number of hydrogen-bond acceptors (Lipinski definition) is 3. The number of benzene rings is 1. The lowest BCUT2D eigenvalue weighted by molar-refractivity contribution is 0.562. The first-order valence-corrected chi connectivity index (χ1v) is 8.37. The minimum atomic E-state index is -2.88. The van der Waals surface area contributed by atoms with E-state index in [9.17, 15) is 8.42 Å². The summed E-state index contributed by atoms with van der Waals surface area (Å²) in [5.41, 5.74) is 0.861. The van der Waals surface area contributed by atoms with E-state index in [1.165, 1.54) is 0 Å². The van der Waals surface area contributed by atoms with Gasteiger partial charge in [-0.05, 0) is 47.0 Å². The molecule has 1 aromatic carbocycles. The summed E-state index contributed by atoms with van der Waals surface area (Å²) in [4.78, 5) is 0. The predicted octanol–water partition coefficient (Wildman–Crippen LogP) is 3.09. The first kappa shape index (κ1) is 13.2. The Bertz CT molecular complexity index is 518. The van der Waals surface area contributed by atoms with Gasteiger partial charge in [-0.3, -0.25) is 0 Å². The van der Waals surface area contributed by atoms with Crippen molar-refractivity contribution in [2.45, 2.75) is 18.9 Å². The fourth-order valence-corrected chi connectivity index (χ4v) is 4.02. The van der Waals surface area contributed by atoms with E-state index in [4.69, 9.17) is 11.6 Å². The van der Waals surface area contributed by atoms with E-state index in [0.29, 0.717) is 10.8 Å². The molecular weight excluding hydrogens is 326 g/mol. The zero-order chi connectivity index (χ0) is 12.5. The minimum absolute atomic E-state index is 0.00834. The number of nitrogens with one attached hydrogen (secondary N) is 1. The van der Waals surface area contributed by atoms with Crippen LogP contribution in [0.2, 0.25) is 5.02 Å². The van der Waals surface area contributed by atoms with E-state index in [0.717, 1.165) is 23.0 Å². The van der Waals surface area contributed by atoms with E-state index in [-0.39, 0.29) is 11.8 Å². The van der Waals surface area contributed by atoms with Crippen LogP contribution in [0.3, 0.4) is 0 Å². The summed E-state index contributed by atoms with van der Waals surface area (Å²) >= 11 is 9.30. The van der Waals surface area contributed by atoms with Crippen molar-refractivity contribution in [3.63, 3.8) is 0 Å². The zero-order valence-electron chi connectivity index (χ0n) is 9.12. The van der Waals surface area contributed by atoms with E-state index < -0.39 is 9.84 Å². The Kier molecular flexibility index (Phi) is 4.00. The average Bonchev–Trinajstić information content (AvgIpc) is 2.22. The fourth-order valence-electron chi connectivity index (χ4n) is 1.96. The molecular formula is C11H13BrClNO2S. The van der Waals surface area contributed by atoms with E-state index in [2.05, 4.69) is 21.2 Å². The van der Waals surface area contributed by atoms with Crippen molar-refractivity contribution >= 4 is 43.1 Å². The molecule has 1 unspecified atom stereocenters. The third-order valence-corrected chi connectivity index (χ3v) is 5.81. The number of sulfone groups is 1. The Labute approximate surface area is 115 Å². The Hall–Kier alpha value is -0.260. The second-order valence-corrected chi connectivity index (χ2v) is 7.72. The van der Waals surface area contributed by atoms with E-state index in [1.807, 2.05) is 12.1 Å². The molecule has 1 fully saturated rings. The third-order valence-electron chi connectivity index (χ3n) is 2.75. The Morgan fingerprint density at radius 3 is 2.82 bits per heavy atom. The molecule has 0 amide bonds. The quantitative estimate of drug-likeness (QED) is 0.901. The molecule has 3 nitrogen and oxygen atoms in total. The summed E-state index contributed by atoms with van der Waals surface area (Å²) < 4.78 is 23.8. The summed E-state index contributed by atoms with van der Waals surface area (Å²) in [7, 11) is -2.88. The lowest BCUT2D eigenvalue weighted by atomic mass is 10.2. The predicted molar refractivity (Wildman–Crippen MR) is 74.5 cm³/mol. The number of halogens is 2. The van der Waals surface area contributed by atoms with Crippen LogP contribution < -0.4 is 5.32 Å². The fraction of sp³-hybridized carbons (Fsp3) is 0.455. The number of anilines is 1. The highest BCUT2D eigenvalue weighted by Crippen LogP contribution is 2.26. The molecule has 0 aliphatic carbocycles. The van der Waals surface area contributed by atoms with Crippen LogP contribution in [0.25, 0.3) is 0 Å². The minimum Gasteiger partial charge on any atom is -0.381 e. The largest absolute Gasteiger partial charge is 0.381 e. The van der Waals surface area contributed by atoms with Gasteiger partial charge >= 0.3 is 0 Å². The van der Waals surface area contributed by atoms with Gasteiger partial charge in [0.2, 0.25) is 0 Å². The number of rotatable bonds is 2. The van der Waals surface area contributed by atoms with Crippen LogP contribution in [0.15, 0.2) is 22.7 Å². The van der Waals surface area contributed by atoms with Gasteiger partial charge in [-0.15, -0.1) is 0 Å². The van der Waals surface area contributed by atoms with E-state index >= 15 is 0 Å². The maximum Gasteiger partial charge on any atom is 0.152 e. The lowest BCUT2D eigenvalue weighted by Gasteiger charge is -2.24. The van der Waals surface area contributed by atoms with Crippen molar-refractivity contribution in [3.05, 3.63) is 27.7 Å². The highest BCUT2D eigenvalue weighted by molar-refractivity contribution is 9.10. The average molecular weight is 339 g/mol. The molecule has 1 aliphatic rings. The van der Waals surface area contributed by atoms with Gasteiger partial charge in [-0.25, -0.2) is 8.42 Å². The van der Waals surface area contributed by atoms with Gasteiger partial charge in [0.25, 0.3) is 0 Å². The maximum absolute atomic E-state index is 11.5. The van der Waals surface area contributed by atoms with Crippen LogP contribution in [0.5, 0.6) is 0 Å². The van der Waals surface area contributed by atoms with E-state index in [1.54, 1.807) is 6.07 Å². The maximum atomic E-state index is 11.5. The Morgan fingerprint density at radius 1 is 1.41 bits per heavy atom. The molecule has 94 valence electrons. The van der Waals surface area contributed by atoms with Gasteiger partial charge in [-0.1, -0.05) is 11.6 Å². The van der Waals surface area contributed by atoms with Crippen molar-refractivity contribution in [2.24, 2.45) is 0 Å². The molecule has 0 spiro atoms. The standard InChI is InChI=1S/C11H13BrClNO2S/c12-10-4-3-8(6-11(10)13)14-9-2-1-5-17(15,16)7-9/h3-4,6,9,14H,1-2,5,7H2. The van der Waals surface area contributed by atoms with Gasteiger partial charge in [-0.2, -0.15) is 0 Å². The van der Waals surface area contributed by atoms with Gasteiger partial charge in [0.1, 0.15) is 0 Å². The van der Waals surface area contributed by atoms with Gasteiger partial charge in [0, 0.05) is 16.2 Å². The van der Waals surface area contributed by atoms with Crippen LogP contribution in [0.4, 0.5) is 5.69 Å². The molecule has 2 rings (SSSR count). The molecule has 0 saturated carbocycles. The zero-order valence-corrected chi connectivity index (χ0v) is 12.3. The Morgan fingerprint density at radius 2 is 2.18 bits per heavy atom. The molecule has 17 heavy (non-hydrogen) atoms. The van der Waals surface area contributed by atoms with Crippen LogP contribution in [0, 0.1) is 0 Å².